The Morgan fingerprint density at radius 1 is 1.26 bits per heavy atom. The number of nitrogens with two attached hydrogens (primary N) is 1. The van der Waals surface area contributed by atoms with Gasteiger partial charge in [0.05, 0.1) is 11.4 Å². The maximum Gasteiger partial charge on any atom is 0.432 e. The number of hydrogen-bond donors (Lipinski definition) is 2. The molecule has 2 heterocycles. The highest BCUT2D eigenvalue weighted by molar-refractivity contribution is 7.13. The molecule has 0 atom stereocenters. The van der Waals surface area contributed by atoms with Crippen molar-refractivity contribution in [3.63, 3.8) is 0 Å². The minimum atomic E-state index is -4.73. The van der Waals surface area contributed by atoms with E-state index in [1.165, 1.54) is 24.8 Å². The predicted octanol–water partition coefficient (Wildman–Crippen LogP) is 6.12. The fraction of sp³-hybridized carbons (Fsp3) is 0.400. The second-order valence-electron chi connectivity index (χ2n) is 6.48. The number of nitrogens with zero attached hydrogens (tertiary/aromatic N) is 1. The van der Waals surface area contributed by atoms with Gasteiger partial charge in [-0.2, -0.15) is 13.2 Å². The number of aromatic nitrogens is 1. The van der Waals surface area contributed by atoms with Crippen molar-refractivity contribution < 1.29 is 13.2 Å². The third-order valence-corrected chi connectivity index (χ3v) is 5.17. The second-order valence-corrected chi connectivity index (χ2v) is 7.40. The molecule has 0 aliphatic heterocycles. The molecule has 0 aromatic carbocycles. The average molecular weight is 395 g/mol. The number of allylic oxidation sites excluding steroid dienone is 1. The van der Waals surface area contributed by atoms with E-state index in [9.17, 15) is 13.2 Å². The van der Waals surface area contributed by atoms with Crippen LogP contribution in [0.2, 0.25) is 0 Å². The second kappa shape index (κ2) is 9.17. The summed E-state index contributed by atoms with van der Waals surface area (Å²) < 4.78 is 37.8. The van der Waals surface area contributed by atoms with Crippen molar-refractivity contribution in [3.8, 4) is 10.4 Å². The van der Waals surface area contributed by atoms with Crippen LogP contribution < -0.4 is 5.73 Å². The molecule has 0 saturated heterocycles. The van der Waals surface area contributed by atoms with Crippen molar-refractivity contribution in [2.45, 2.75) is 52.1 Å². The standard InChI is InChI=1S/C20H24F3N3S/c1-3-4-5-6-7-14-8-9-27-19(14)15-10-13(2)26-17(11-15)16(24)12-18(25)20(21,22)23/h8-12,25H,3-7,24H2,1-2H3/b16-12-,25-18?. The van der Waals surface area contributed by atoms with Gasteiger partial charge >= 0.3 is 6.18 Å². The first-order valence-corrected chi connectivity index (χ1v) is 9.79. The maximum absolute atomic E-state index is 12.6. The number of alkyl halides is 3. The molecule has 3 nitrogen and oxygen atoms in total. The average Bonchev–Trinajstić information content (AvgIpc) is 3.05. The zero-order chi connectivity index (χ0) is 20.0. The number of rotatable bonds is 8. The van der Waals surface area contributed by atoms with Crippen molar-refractivity contribution in [2.24, 2.45) is 5.73 Å². The van der Waals surface area contributed by atoms with Gasteiger partial charge in [0.25, 0.3) is 0 Å². The van der Waals surface area contributed by atoms with E-state index in [0.717, 1.165) is 23.3 Å². The lowest BCUT2D eigenvalue weighted by atomic mass is 10.0. The van der Waals surface area contributed by atoms with Crippen LogP contribution in [0.15, 0.2) is 29.7 Å². The van der Waals surface area contributed by atoms with Gasteiger partial charge in [0.2, 0.25) is 0 Å². The Bertz CT molecular complexity index is 822. The maximum atomic E-state index is 12.6. The van der Waals surface area contributed by atoms with Crippen LogP contribution in [-0.2, 0) is 6.42 Å². The van der Waals surface area contributed by atoms with Gasteiger partial charge < -0.3 is 5.73 Å². The van der Waals surface area contributed by atoms with E-state index >= 15 is 0 Å². The van der Waals surface area contributed by atoms with E-state index < -0.39 is 11.9 Å². The van der Waals surface area contributed by atoms with Crippen LogP contribution in [0.25, 0.3) is 16.1 Å². The summed E-state index contributed by atoms with van der Waals surface area (Å²) in [5, 5.41) is 9.13. The van der Waals surface area contributed by atoms with Crippen LogP contribution in [0.3, 0.4) is 0 Å². The van der Waals surface area contributed by atoms with E-state index in [2.05, 4.69) is 18.0 Å². The van der Waals surface area contributed by atoms with Gasteiger partial charge in [-0.3, -0.25) is 10.4 Å². The number of nitrogens with one attached hydrogen (secondary N) is 1. The molecule has 146 valence electrons. The minimum Gasteiger partial charge on any atom is -0.397 e. The molecule has 27 heavy (non-hydrogen) atoms. The largest absolute Gasteiger partial charge is 0.432 e. The first kappa shape index (κ1) is 21.2. The van der Waals surface area contributed by atoms with Gasteiger partial charge in [0.1, 0.15) is 5.71 Å². The first-order valence-electron chi connectivity index (χ1n) is 8.91. The molecule has 0 amide bonds. The van der Waals surface area contributed by atoms with Crippen molar-refractivity contribution >= 4 is 22.7 Å². The highest BCUT2D eigenvalue weighted by Gasteiger charge is 2.33. The summed E-state index contributed by atoms with van der Waals surface area (Å²) in [5.74, 6) is 0. The summed E-state index contributed by atoms with van der Waals surface area (Å²) in [6.07, 6.45) is 1.55. The summed E-state index contributed by atoms with van der Waals surface area (Å²) >= 11 is 1.60. The number of thiophene rings is 1. The van der Waals surface area contributed by atoms with Gasteiger partial charge in [0.15, 0.2) is 0 Å². The van der Waals surface area contributed by atoms with Crippen LogP contribution in [-0.4, -0.2) is 16.9 Å². The normalized spacial score (nSPS) is 12.4. The molecule has 0 aliphatic carbocycles. The molecular weight excluding hydrogens is 371 g/mol. The Kier molecular flexibility index (Phi) is 7.18. The molecule has 0 fully saturated rings. The number of pyridine rings is 1. The molecule has 2 aromatic heterocycles. The van der Waals surface area contributed by atoms with Gasteiger partial charge in [-0.05, 0) is 60.5 Å². The Hall–Kier alpha value is -2.15. The molecular formula is C20H24F3N3S. The molecule has 3 N–H and O–H groups in total. The predicted molar refractivity (Wildman–Crippen MR) is 106 cm³/mol. The van der Waals surface area contributed by atoms with Crippen LogP contribution in [0.5, 0.6) is 0 Å². The van der Waals surface area contributed by atoms with Crippen LogP contribution in [0.1, 0.15) is 49.6 Å². The Morgan fingerprint density at radius 3 is 2.67 bits per heavy atom. The summed E-state index contributed by atoms with van der Waals surface area (Å²) in [7, 11) is 0. The minimum absolute atomic E-state index is 0.164. The molecule has 0 unspecified atom stereocenters. The molecule has 0 saturated carbocycles. The Balaban J connectivity index is 2.30. The quantitative estimate of drug-likeness (QED) is 0.417. The van der Waals surface area contributed by atoms with Crippen molar-refractivity contribution in [3.05, 3.63) is 46.6 Å². The fourth-order valence-corrected chi connectivity index (χ4v) is 3.73. The zero-order valence-electron chi connectivity index (χ0n) is 15.5. The summed E-state index contributed by atoms with van der Waals surface area (Å²) in [6, 6.07) is 5.71. The number of aryl methyl sites for hydroxylation is 2. The summed E-state index contributed by atoms with van der Waals surface area (Å²) in [4.78, 5) is 5.34. The van der Waals surface area contributed by atoms with E-state index in [-0.39, 0.29) is 11.4 Å². The van der Waals surface area contributed by atoms with Gasteiger partial charge in [-0.25, -0.2) is 0 Å². The molecule has 7 heteroatoms. The number of hydrogen-bond acceptors (Lipinski definition) is 4. The smallest absolute Gasteiger partial charge is 0.397 e. The van der Waals surface area contributed by atoms with Crippen LogP contribution >= 0.6 is 11.3 Å². The van der Waals surface area contributed by atoms with E-state index in [1.54, 1.807) is 24.3 Å². The van der Waals surface area contributed by atoms with Crippen molar-refractivity contribution in [1.82, 2.24) is 4.98 Å². The molecule has 2 rings (SSSR count). The van der Waals surface area contributed by atoms with E-state index in [1.807, 2.05) is 11.4 Å². The summed E-state index contributed by atoms with van der Waals surface area (Å²) in [5.41, 5.74) is 7.20. The monoisotopic (exact) mass is 395 g/mol. The van der Waals surface area contributed by atoms with Gasteiger partial charge in [0, 0.05) is 10.6 Å². The van der Waals surface area contributed by atoms with Gasteiger partial charge in [-0.15, -0.1) is 11.3 Å². The third kappa shape index (κ3) is 5.92. The lowest BCUT2D eigenvalue weighted by molar-refractivity contribution is -0.0583. The molecule has 0 bridgehead atoms. The molecule has 2 aromatic rings. The zero-order valence-corrected chi connectivity index (χ0v) is 16.3. The first-order chi connectivity index (χ1) is 12.7. The van der Waals surface area contributed by atoms with Crippen molar-refractivity contribution in [2.75, 3.05) is 0 Å². The lowest BCUT2D eigenvalue weighted by Gasteiger charge is -2.10. The highest BCUT2D eigenvalue weighted by atomic mass is 32.1. The topological polar surface area (TPSA) is 62.8 Å². The SMILES string of the molecule is CCCCCCc1ccsc1-c1cc(C)nc(/C(N)=C/C(=N)C(F)(F)F)c1. The summed E-state index contributed by atoms with van der Waals surface area (Å²) in [6.45, 7) is 3.96. The highest BCUT2D eigenvalue weighted by Crippen LogP contribution is 2.32. The third-order valence-electron chi connectivity index (χ3n) is 4.16. The van der Waals surface area contributed by atoms with Gasteiger partial charge in [-0.1, -0.05) is 26.2 Å². The van der Waals surface area contributed by atoms with E-state index in [4.69, 9.17) is 11.1 Å². The Labute approximate surface area is 161 Å². The van der Waals surface area contributed by atoms with Crippen LogP contribution in [0.4, 0.5) is 13.2 Å². The fourth-order valence-electron chi connectivity index (χ4n) is 2.79. The molecule has 0 aliphatic rings. The van der Waals surface area contributed by atoms with Crippen molar-refractivity contribution in [1.29, 1.82) is 5.41 Å². The Morgan fingerprint density at radius 2 is 2.00 bits per heavy atom. The van der Waals surface area contributed by atoms with Crippen LogP contribution in [0, 0.1) is 12.3 Å². The molecule has 0 spiro atoms. The number of unbranched alkanes of at least 4 members (excludes halogenated alkanes) is 3. The molecule has 0 radical (unpaired) electrons. The lowest BCUT2D eigenvalue weighted by Crippen LogP contribution is -2.20. The number of halogens is 3. The van der Waals surface area contributed by atoms with E-state index in [0.29, 0.717) is 11.8 Å².